The molecule has 0 aliphatic heterocycles. The maximum atomic E-state index is 12.8. The topological polar surface area (TPSA) is 134 Å². The zero-order chi connectivity index (χ0) is 25.0. The number of hydroxylamine groups is 1. The van der Waals surface area contributed by atoms with E-state index in [1.807, 2.05) is 0 Å². The van der Waals surface area contributed by atoms with Gasteiger partial charge in [-0.25, -0.2) is 13.9 Å². The van der Waals surface area contributed by atoms with Gasteiger partial charge in [0.05, 0.1) is 29.0 Å². The van der Waals surface area contributed by atoms with Crippen molar-refractivity contribution in [2.24, 2.45) is 0 Å². The minimum atomic E-state index is -3.87. The number of amides is 2. The first-order valence-electron chi connectivity index (χ1n) is 10.3. The smallest absolute Gasteiger partial charge is 0.284 e. The van der Waals surface area contributed by atoms with Crippen molar-refractivity contribution in [2.45, 2.75) is 11.3 Å². The molecule has 1 heterocycles. The summed E-state index contributed by atoms with van der Waals surface area (Å²) >= 11 is 1.18. The Bertz CT molecular complexity index is 1500. The summed E-state index contributed by atoms with van der Waals surface area (Å²) in [5.41, 5.74) is 2.92. The third-order valence-corrected chi connectivity index (χ3v) is 7.59. The Kier molecular flexibility index (Phi) is 7.01. The molecule has 1 aromatic heterocycles. The number of ether oxygens (including phenoxy) is 1. The highest BCUT2D eigenvalue weighted by atomic mass is 32.2. The molecule has 9 nitrogen and oxygen atoms in total. The van der Waals surface area contributed by atoms with Crippen molar-refractivity contribution < 1.29 is 28.0 Å². The fourth-order valence-electron chi connectivity index (χ4n) is 3.39. The number of thiophene rings is 1. The van der Waals surface area contributed by atoms with E-state index in [0.717, 1.165) is 10.1 Å². The molecule has 180 valence electrons. The first-order chi connectivity index (χ1) is 16.8. The molecule has 2 amide bonds. The Hall–Kier alpha value is -3.93. The molecule has 4 rings (SSSR count). The quantitative estimate of drug-likeness (QED) is 0.209. The number of hydrogen-bond acceptors (Lipinski definition) is 7. The van der Waals surface area contributed by atoms with E-state index < -0.39 is 15.9 Å². The average molecular weight is 512 g/mol. The van der Waals surface area contributed by atoms with Gasteiger partial charge in [0, 0.05) is 10.4 Å². The van der Waals surface area contributed by atoms with Crippen molar-refractivity contribution in [1.29, 1.82) is 0 Å². The fourth-order valence-corrected chi connectivity index (χ4v) is 5.48. The lowest BCUT2D eigenvalue weighted by molar-refractivity contribution is -0.115. The molecule has 0 atom stereocenters. The number of fused-ring (bicyclic) bond motifs is 1. The molecule has 0 aliphatic carbocycles. The number of carbonyl (C=O) groups excluding carboxylic acids is 2. The molecule has 3 aromatic carbocycles. The largest absolute Gasteiger partial charge is 0.497 e. The zero-order valence-electron chi connectivity index (χ0n) is 18.4. The molecule has 0 spiro atoms. The standard InChI is InChI=1S/C24H21N3O6S2/c1-33-18-8-10-19(11-9-18)35(31,32)27-20-5-3-2-4-15(20)13-23(28)25-17-7-6-16-12-22(24(29)26-30)34-21(16)14-17/h2-12,14,27,30H,13H2,1H3,(H,25,28)(H,26,29). The molecule has 0 fully saturated rings. The molecule has 0 bridgehead atoms. The third kappa shape index (κ3) is 5.60. The van der Waals surface area contributed by atoms with Crippen LogP contribution >= 0.6 is 11.3 Å². The fraction of sp³-hybridized carbons (Fsp3) is 0.0833. The Morgan fingerprint density at radius 1 is 1.00 bits per heavy atom. The molecule has 0 unspecified atom stereocenters. The van der Waals surface area contributed by atoms with Gasteiger partial charge in [-0.3, -0.25) is 19.5 Å². The van der Waals surface area contributed by atoms with E-state index in [0.29, 0.717) is 27.6 Å². The molecule has 0 aliphatic rings. The highest BCUT2D eigenvalue weighted by Crippen LogP contribution is 2.29. The van der Waals surface area contributed by atoms with Crippen LogP contribution in [0.2, 0.25) is 0 Å². The number of carbonyl (C=O) groups is 2. The summed E-state index contributed by atoms with van der Waals surface area (Å²) in [6.07, 6.45) is -0.0675. The number of nitrogens with one attached hydrogen (secondary N) is 3. The highest BCUT2D eigenvalue weighted by molar-refractivity contribution is 7.92. The minimum Gasteiger partial charge on any atom is -0.497 e. The van der Waals surface area contributed by atoms with Gasteiger partial charge in [0.2, 0.25) is 5.91 Å². The van der Waals surface area contributed by atoms with Crippen LogP contribution in [0.4, 0.5) is 11.4 Å². The van der Waals surface area contributed by atoms with Gasteiger partial charge in [-0.1, -0.05) is 24.3 Å². The van der Waals surface area contributed by atoms with Crippen molar-refractivity contribution >= 4 is 54.6 Å². The van der Waals surface area contributed by atoms with Gasteiger partial charge in [0.1, 0.15) is 5.75 Å². The summed E-state index contributed by atoms with van der Waals surface area (Å²) < 4.78 is 34.0. The maximum absolute atomic E-state index is 12.8. The first-order valence-corrected chi connectivity index (χ1v) is 12.6. The Balaban J connectivity index is 1.49. The van der Waals surface area contributed by atoms with Crippen LogP contribution in [0.25, 0.3) is 10.1 Å². The lowest BCUT2D eigenvalue weighted by atomic mass is 10.1. The minimum absolute atomic E-state index is 0.0658. The van der Waals surface area contributed by atoms with Crippen LogP contribution in [0.5, 0.6) is 5.75 Å². The van der Waals surface area contributed by atoms with Crippen LogP contribution in [0.15, 0.2) is 77.7 Å². The number of sulfonamides is 1. The number of para-hydroxylation sites is 1. The predicted octanol–water partition coefficient (Wildman–Crippen LogP) is 4.01. The van der Waals surface area contributed by atoms with Crippen molar-refractivity contribution in [3.63, 3.8) is 0 Å². The Morgan fingerprint density at radius 2 is 1.74 bits per heavy atom. The second-order valence-electron chi connectivity index (χ2n) is 7.47. The van der Waals surface area contributed by atoms with Gasteiger partial charge in [-0.05, 0) is 59.5 Å². The van der Waals surface area contributed by atoms with Gasteiger partial charge in [-0.2, -0.15) is 0 Å². The van der Waals surface area contributed by atoms with Gasteiger partial charge in [-0.15, -0.1) is 11.3 Å². The Labute approximate surface area is 205 Å². The predicted molar refractivity (Wildman–Crippen MR) is 134 cm³/mol. The van der Waals surface area contributed by atoms with Crippen LogP contribution in [0.1, 0.15) is 15.2 Å². The number of anilines is 2. The van der Waals surface area contributed by atoms with Crippen molar-refractivity contribution in [3.05, 3.63) is 83.2 Å². The third-order valence-electron chi connectivity index (χ3n) is 5.11. The number of hydrogen-bond donors (Lipinski definition) is 4. The first kappa shape index (κ1) is 24.2. The SMILES string of the molecule is COc1ccc(S(=O)(=O)Nc2ccccc2CC(=O)Nc2ccc3cc(C(=O)NO)sc3c2)cc1. The van der Waals surface area contributed by atoms with E-state index in [9.17, 15) is 18.0 Å². The summed E-state index contributed by atoms with van der Waals surface area (Å²) in [6.45, 7) is 0. The van der Waals surface area contributed by atoms with Gasteiger partial charge >= 0.3 is 0 Å². The van der Waals surface area contributed by atoms with E-state index in [4.69, 9.17) is 9.94 Å². The highest BCUT2D eigenvalue weighted by Gasteiger charge is 2.17. The number of rotatable bonds is 8. The number of methoxy groups -OCH3 is 1. The molecular weight excluding hydrogens is 490 g/mol. The van der Waals surface area contributed by atoms with Gasteiger partial charge in [0.25, 0.3) is 15.9 Å². The lowest BCUT2D eigenvalue weighted by Crippen LogP contribution is -2.18. The molecule has 4 aromatic rings. The summed E-state index contributed by atoms with van der Waals surface area (Å²) in [5, 5.41) is 12.4. The normalized spacial score (nSPS) is 11.1. The van der Waals surface area contributed by atoms with E-state index in [1.54, 1.807) is 66.1 Å². The van der Waals surface area contributed by atoms with E-state index >= 15 is 0 Å². The molecule has 0 saturated heterocycles. The second kappa shape index (κ2) is 10.1. The van der Waals surface area contributed by atoms with Crippen molar-refractivity contribution in [3.8, 4) is 5.75 Å². The zero-order valence-corrected chi connectivity index (χ0v) is 20.1. The van der Waals surface area contributed by atoms with Crippen molar-refractivity contribution in [2.75, 3.05) is 17.1 Å². The molecular formula is C24H21N3O6S2. The molecule has 4 N–H and O–H groups in total. The molecule has 11 heteroatoms. The maximum Gasteiger partial charge on any atom is 0.284 e. The summed E-state index contributed by atoms with van der Waals surface area (Å²) in [7, 11) is -2.38. The van der Waals surface area contributed by atoms with E-state index in [-0.39, 0.29) is 17.2 Å². The summed E-state index contributed by atoms with van der Waals surface area (Å²) in [6, 6.07) is 19.5. The summed E-state index contributed by atoms with van der Waals surface area (Å²) in [4.78, 5) is 24.8. The molecule has 0 saturated carbocycles. The van der Waals surface area contributed by atoms with Gasteiger partial charge in [0.15, 0.2) is 0 Å². The van der Waals surface area contributed by atoms with Crippen LogP contribution in [0, 0.1) is 0 Å². The van der Waals surface area contributed by atoms with E-state index in [2.05, 4.69) is 10.0 Å². The van der Waals surface area contributed by atoms with Crippen LogP contribution < -0.4 is 20.3 Å². The monoisotopic (exact) mass is 511 g/mol. The van der Waals surface area contributed by atoms with Crippen LogP contribution in [-0.4, -0.2) is 32.5 Å². The lowest BCUT2D eigenvalue weighted by Gasteiger charge is -2.13. The van der Waals surface area contributed by atoms with Crippen molar-refractivity contribution in [1.82, 2.24) is 5.48 Å². The van der Waals surface area contributed by atoms with Crippen LogP contribution in [0.3, 0.4) is 0 Å². The van der Waals surface area contributed by atoms with E-state index in [1.165, 1.54) is 30.6 Å². The average Bonchev–Trinajstić information content (AvgIpc) is 3.28. The van der Waals surface area contributed by atoms with Crippen LogP contribution in [-0.2, 0) is 21.2 Å². The second-order valence-corrected chi connectivity index (χ2v) is 10.2. The molecule has 0 radical (unpaired) electrons. The summed E-state index contributed by atoms with van der Waals surface area (Å²) in [5.74, 6) is -0.412. The van der Waals surface area contributed by atoms with Gasteiger partial charge < -0.3 is 10.1 Å². The Morgan fingerprint density at radius 3 is 2.46 bits per heavy atom. The number of benzene rings is 3. The molecule has 35 heavy (non-hydrogen) atoms.